The van der Waals surface area contributed by atoms with Gasteiger partial charge in [-0.3, -0.25) is 0 Å². The Hall–Kier alpha value is -0.130. The lowest BCUT2D eigenvalue weighted by Gasteiger charge is -2.17. The number of unbranched alkanes of at least 4 members (excludes halogenated alkanes) is 8. The van der Waals surface area contributed by atoms with E-state index in [1.165, 1.54) is 51.4 Å². The summed E-state index contributed by atoms with van der Waals surface area (Å²) in [7, 11) is -3.25. The molecule has 22 heavy (non-hydrogen) atoms. The van der Waals surface area contributed by atoms with Crippen LogP contribution in [0.5, 0.6) is 0 Å². The lowest BCUT2D eigenvalue weighted by molar-refractivity contribution is 0.319. The van der Waals surface area contributed by atoms with Gasteiger partial charge in [-0.05, 0) is 18.3 Å². The van der Waals surface area contributed by atoms with Crippen molar-refractivity contribution in [2.75, 3.05) is 18.9 Å². The summed E-state index contributed by atoms with van der Waals surface area (Å²) in [6.07, 6.45) is 12.4. The van der Waals surface area contributed by atoms with Crippen molar-refractivity contribution in [2.45, 2.75) is 85.0 Å². The van der Waals surface area contributed by atoms with Gasteiger partial charge in [-0.1, -0.05) is 72.1 Å². The quantitative estimate of drug-likeness (QED) is 0.474. The number of hydrogen-bond acceptors (Lipinski definition) is 3. The molecule has 0 aliphatic rings. The van der Waals surface area contributed by atoms with E-state index in [4.69, 9.17) is 5.11 Å². The second-order valence-corrected chi connectivity index (χ2v) is 9.36. The van der Waals surface area contributed by atoms with Crippen molar-refractivity contribution >= 4 is 10.0 Å². The number of nitrogens with one attached hydrogen (secondary N) is 1. The van der Waals surface area contributed by atoms with Crippen LogP contribution in [-0.2, 0) is 10.0 Å². The number of sulfonamides is 1. The Labute approximate surface area is 138 Å². The Bertz CT molecular complexity index is 347. The van der Waals surface area contributed by atoms with Crippen LogP contribution < -0.4 is 4.72 Å². The Morgan fingerprint density at radius 1 is 0.818 bits per heavy atom. The van der Waals surface area contributed by atoms with Crippen molar-refractivity contribution < 1.29 is 13.5 Å². The predicted octanol–water partition coefficient (Wildman–Crippen LogP) is 3.85. The highest BCUT2D eigenvalue weighted by Crippen LogP contribution is 2.22. The second kappa shape index (κ2) is 12.3. The molecule has 0 aromatic carbocycles. The molecule has 0 radical (unpaired) electrons. The van der Waals surface area contributed by atoms with E-state index in [1.807, 2.05) is 0 Å². The molecule has 0 atom stereocenters. The average molecular weight is 336 g/mol. The molecule has 0 bridgehead atoms. The normalized spacial score (nSPS) is 12.7. The fourth-order valence-electron chi connectivity index (χ4n) is 2.44. The van der Waals surface area contributed by atoms with Gasteiger partial charge in [0.25, 0.3) is 0 Å². The molecule has 0 aliphatic carbocycles. The van der Waals surface area contributed by atoms with Crippen LogP contribution in [0.1, 0.15) is 85.0 Å². The molecular formula is C17H37NO3S. The minimum Gasteiger partial charge on any atom is -0.395 e. The molecule has 4 nitrogen and oxygen atoms in total. The molecule has 0 fully saturated rings. The first kappa shape index (κ1) is 21.9. The summed E-state index contributed by atoms with van der Waals surface area (Å²) < 4.78 is 25.1. The smallest absolute Gasteiger partial charge is 0.213 e. The van der Waals surface area contributed by atoms with Crippen LogP contribution in [0.3, 0.4) is 0 Å². The monoisotopic (exact) mass is 335 g/mol. The van der Waals surface area contributed by atoms with E-state index in [0.29, 0.717) is 12.0 Å². The van der Waals surface area contributed by atoms with E-state index in [2.05, 4.69) is 25.5 Å². The number of hydrogen-bond donors (Lipinski definition) is 2. The van der Waals surface area contributed by atoms with Crippen LogP contribution >= 0.6 is 0 Å². The van der Waals surface area contributed by atoms with Crippen LogP contribution in [0, 0.1) is 5.41 Å². The molecule has 0 aromatic rings. The molecule has 0 aliphatic heterocycles. The van der Waals surface area contributed by atoms with Gasteiger partial charge in [0.1, 0.15) is 0 Å². The standard InChI is InChI=1S/C17H37NO3S/c1-17(2,3)13-11-9-7-5-4-6-8-10-12-14-18-22(20,21)16-15-19/h18-19H,4-16H2,1-3H3. The third-order valence-electron chi connectivity index (χ3n) is 3.79. The zero-order chi connectivity index (χ0) is 16.9. The topological polar surface area (TPSA) is 66.4 Å². The molecular weight excluding hydrogens is 298 g/mol. The Kier molecular flexibility index (Phi) is 12.2. The molecule has 5 heteroatoms. The third kappa shape index (κ3) is 16.2. The summed E-state index contributed by atoms with van der Waals surface area (Å²) in [5.74, 6) is -0.192. The van der Waals surface area contributed by atoms with Crippen molar-refractivity contribution in [3.05, 3.63) is 0 Å². The molecule has 0 rings (SSSR count). The van der Waals surface area contributed by atoms with Gasteiger partial charge in [-0.15, -0.1) is 0 Å². The van der Waals surface area contributed by atoms with E-state index in [-0.39, 0.29) is 12.4 Å². The van der Waals surface area contributed by atoms with Gasteiger partial charge in [0.2, 0.25) is 10.0 Å². The molecule has 0 unspecified atom stereocenters. The van der Waals surface area contributed by atoms with Gasteiger partial charge in [0.05, 0.1) is 12.4 Å². The minimum absolute atomic E-state index is 0.192. The van der Waals surface area contributed by atoms with Gasteiger partial charge in [-0.25, -0.2) is 13.1 Å². The van der Waals surface area contributed by atoms with Crippen molar-refractivity contribution in [1.29, 1.82) is 0 Å². The Balaban J connectivity index is 3.24. The molecule has 0 aromatic heterocycles. The Morgan fingerprint density at radius 2 is 1.27 bits per heavy atom. The first-order valence-corrected chi connectivity index (χ1v) is 10.5. The first-order valence-electron chi connectivity index (χ1n) is 8.85. The van der Waals surface area contributed by atoms with Gasteiger partial charge in [0, 0.05) is 6.54 Å². The highest BCUT2D eigenvalue weighted by molar-refractivity contribution is 7.89. The maximum absolute atomic E-state index is 11.3. The largest absolute Gasteiger partial charge is 0.395 e. The van der Waals surface area contributed by atoms with E-state index in [9.17, 15) is 8.42 Å². The zero-order valence-corrected chi connectivity index (χ0v) is 15.7. The number of aliphatic hydroxyl groups is 1. The van der Waals surface area contributed by atoms with Gasteiger partial charge >= 0.3 is 0 Å². The summed E-state index contributed by atoms with van der Waals surface area (Å²) >= 11 is 0. The fourth-order valence-corrected chi connectivity index (χ4v) is 3.28. The number of aliphatic hydroxyl groups excluding tert-OH is 1. The van der Waals surface area contributed by atoms with Crippen LogP contribution in [-0.4, -0.2) is 32.4 Å². The average Bonchev–Trinajstić information content (AvgIpc) is 2.38. The summed E-state index contributed by atoms with van der Waals surface area (Å²) in [6.45, 7) is 7.09. The molecule has 0 amide bonds. The zero-order valence-electron chi connectivity index (χ0n) is 14.9. The van der Waals surface area contributed by atoms with E-state index in [0.717, 1.165) is 12.8 Å². The third-order valence-corrected chi connectivity index (χ3v) is 5.15. The van der Waals surface area contributed by atoms with Crippen LogP contribution in [0.15, 0.2) is 0 Å². The lowest BCUT2D eigenvalue weighted by Crippen LogP contribution is -2.28. The maximum Gasteiger partial charge on any atom is 0.213 e. The highest BCUT2D eigenvalue weighted by Gasteiger charge is 2.08. The van der Waals surface area contributed by atoms with Crippen molar-refractivity contribution in [3.8, 4) is 0 Å². The first-order chi connectivity index (χ1) is 10.3. The van der Waals surface area contributed by atoms with E-state index < -0.39 is 10.0 Å². The SMILES string of the molecule is CC(C)(C)CCCCCCCCCCCNS(=O)(=O)CCO. The summed E-state index contributed by atoms with van der Waals surface area (Å²) in [4.78, 5) is 0. The van der Waals surface area contributed by atoms with Crippen LogP contribution in [0.4, 0.5) is 0 Å². The molecule has 0 saturated carbocycles. The molecule has 0 heterocycles. The predicted molar refractivity (Wildman–Crippen MR) is 94.5 cm³/mol. The summed E-state index contributed by atoms with van der Waals surface area (Å²) in [5, 5.41) is 8.60. The lowest BCUT2D eigenvalue weighted by atomic mass is 9.89. The highest BCUT2D eigenvalue weighted by atomic mass is 32.2. The van der Waals surface area contributed by atoms with Gasteiger partial charge in [-0.2, -0.15) is 0 Å². The van der Waals surface area contributed by atoms with Crippen molar-refractivity contribution in [1.82, 2.24) is 4.72 Å². The van der Waals surface area contributed by atoms with Gasteiger partial charge < -0.3 is 5.11 Å². The molecule has 2 N–H and O–H groups in total. The van der Waals surface area contributed by atoms with Crippen LogP contribution in [0.2, 0.25) is 0 Å². The van der Waals surface area contributed by atoms with Gasteiger partial charge in [0.15, 0.2) is 0 Å². The van der Waals surface area contributed by atoms with E-state index >= 15 is 0 Å². The van der Waals surface area contributed by atoms with Crippen molar-refractivity contribution in [2.24, 2.45) is 5.41 Å². The van der Waals surface area contributed by atoms with E-state index in [1.54, 1.807) is 0 Å². The molecule has 0 saturated heterocycles. The number of rotatable bonds is 14. The van der Waals surface area contributed by atoms with Crippen molar-refractivity contribution in [3.63, 3.8) is 0 Å². The van der Waals surface area contributed by atoms with Crippen LogP contribution in [0.25, 0.3) is 0 Å². The fraction of sp³-hybridized carbons (Fsp3) is 1.00. The second-order valence-electron chi connectivity index (χ2n) is 7.43. The minimum atomic E-state index is -3.25. The summed E-state index contributed by atoms with van der Waals surface area (Å²) in [6, 6.07) is 0. The maximum atomic E-state index is 11.3. The molecule has 134 valence electrons. The molecule has 0 spiro atoms. The summed E-state index contributed by atoms with van der Waals surface area (Å²) in [5.41, 5.74) is 0.471. The Morgan fingerprint density at radius 3 is 1.73 bits per heavy atom.